The van der Waals surface area contributed by atoms with Crippen LogP contribution in [0.5, 0.6) is 0 Å². The lowest BCUT2D eigenvalue weighted by atomic mass is 9.71. The summed E-state index contributed by atoms with van der Waals surface area (Å²) in [5.41, 5.74) is 12.2. The number of nitrogens with one attached hydrogen (secondary N) is 1. The number of carbonyl (C=O) groups excluding carboxylic acids is 1. The minimum Gasteiger partial charge on any atom is -0.481 e. The summed E-state index contributed by atoms with van der Waals surface area (Å²) in [6, 6.07) is 17.9. The van der Waals surface area contributed by atoms with E-state index in [-0.39, 0.29) is 41.7 Å². The van der Waals surface area contributed by atoms with E-state index < -0.39 is 28.0 Å². The van der Waals surface area contributed by atoms with Gasteiger partial charge in [-0.25, -0.2) is 13.4 Å². The van der Waals surface area contributed by atoms with Crippen molar-refractivity contribution in [3.63, 3.8) is 0 Å². The number of aliphatic carboxylic acids is 1. The Kier molecular flexibility index (Phi) is 8.27. The molecule has 1 saturated carbocycles. The Bertz CT molecular complexity index is 1590. The Labute approximate surface area is 239 Å². The zero-order chi connectivity index (χ0) is 29.1. The molecule has 3 aromatic rings. The molecule has 4 atom stereocenters. The maximum atomic E-state index is 14.2. The number of nitrogens with zero attached hydrogens (tertiary/aromatic N) is 2. The number of hydrogen-bond donors (Lipinski definition) is 4. The van der Waals surface area contributed by atoms with Crippen molar-refractivity contribution in [1.29, 1.82) is 0 Å². The molecular formula is C30H35N5O5S. The summed E-state index contributed by atoms with van der Waals surface area (Å²) in [5.74, 6) is -1.96. The van der Waals surface area contributed by atoms with Gasteiger partial charge in [0.05, 0.1) is 16.5 Å². The minimum absolute atomic E-state index is 0.0587. The second-order valence-electron chi connectivity index (χ2n) is 10.9. The molecule has 1 amide bonds. The van der Waals surface area contributed by atoms with E-state index in [4.69, 9.17) is 11.5 Å². The molecule has 3 unspecified atom stereocenters. The van der Waals surface area contributed by atoms with Crippen molar-refractivity contribution < 1.29 is 23.1 Å². The number of hydrogen-bond acceptors (Lipinski definition) is 5. The molecule has 11 heteroatoms. The van der Waals surface area contributed by atoms with Crippen LogP contribution >= 0.6 is 0 Å². The molecule has 5 rings (SSSR count). The number of fused-ring (bicyclic) bond motifs is 2. The van der Waals surface area contributed by atoms with E-state index in [2.05, 4.69) is 9.71 Å². The summed E-state index contributed by atoms with van der Waals surface area (Å²) >= 11 is 0. The average molecular weight is 578 g/mol. The van der Waals surface area contributed by atoms with Gasteiger partial charge in [-0.1, -0.05) is 55.3 Å². The van der Waals surface area contributed by atoms with Crippen LogP contribution in [0.2, 0.25) is 0 Å². The lowest BCUT2D eigenvalue weighted by Gasteiger charge is -2.47. The minimum atomic E-state index is -4.10. The lowest BCUT2D eigenvalue weighted by molar-refractivity contribution is -0.154. The van der Waals surface area contributed by atoms with Crippen LogP contribution in [0.3, 0.4) is 0 Å². The highest BCUT2D eigenvalue weighted by molar-refractivity contribution is 7.89. The van der Waals surface area contributed by atoms with Crippen molar-refractivity contribution in [1.82, 2.24) is 9.62 Å². The van der Waals surface area contributed by atoms with Gasteiger partial charge in [0.25, 0.3) is 0 Å². The Balaban J connectivity index is 1.48. The zero-order valence-corrected chi connectivity index (χ0v) is 23.5. The first-order chi connectivity index (χ1) is 19.6. The van der Waals surface area contributed by atoms with Gasteiger partial charge in [-0.05, 0) is 72.2 Å². The molecule has 0 radical (unpaired) electrons. The SMILES string of the molecule is NC(N)=Nc1cccc(C[C@H](NS(=O)(=O)c2ccc3ccccc3c2)C(=O)N2CCC(C(=O)O)C3CCCCC32)c1. The Morgan fingerprint density at radius 3 is 2.49 bits per heavy atom. The molecule has 0 spiro atoms. The summed E-state index contributed by atoms with van der Waals surface area (Å²) in [6.07, 6.45) is 3.65. The number of carboxylic acids is 1. The van der Waals surface area contributed by atoms with Crippen molar-refractivity contribution in [2.75, 3.05) is 6.54 Å². The fourth-order valence-electron chi connectivity index (χ4n) is 6.34. The van der Waals surface area contributed by atoms with E-state index in [0.29, 0.717) is 24.1 Å². The molecule has 3 aromatic carbocycles. The number of piperidine rings is 1. The molecule has 2 fully saturated rings. The molecular weight excluding hydrogens is 542 g/mol. The van der Waals surface area contributed by atoms with Crippen molar-refractivity contribution in [3.05, 3.63) is 72.3 Å². The Morgan fingerprint density at radius 2 is 1.73 bits per heavy atom. The molecule has 41 heavy (non-hydrogen) atoms. The number of rotatable bonds is 8. The van der Waals surface area contributed by atoms with Crippen molar-refractivity contribution in [3.8, 4) is 0 Å². The fourth-order valence-corrected chi connectivity index (χ4v) is 7.57. The van der Waals surface area contributed by atoms with E-state index >= 15 is 0 Å². The number of sulfonamides is 1. The Morgan fingerprint density at radius 1 is 0.976 bits per heavy atom. The normalized spacial score (nSPS) is 21.6. The molecule has 1 heterocycles. The third-order valence-electron chi connectivity index (χ3n) is 8.22. The highest BCUT2D eigenvalue weighted by atomic mass is 32.2. The predicted octanol–water partition coefficient (Wildman–Crippen LogP) is 3.13. The van der Waals surface area contributed by atoms with Crippen LogP contribution in [0.25, 0.3) is 10.8 Å². The molecule has 0 aromatic heterocycles. The monoisotopic (exact) mass is 577 g/mol. The van der Waals surface area contributed by atoms with Gasteiger partial charge >= 0.3 is 5.97 Å². The van der Waals surface area contributed by atoms with Gasteiger partial charge in [-0.15, -0.1) is 0 Å². The van der Waals surface area contributed by atoms with Crippen LogP contribution in [0, 0.1) is 11.8 Å². The van der Waals surface area contributed by atoms with E-state index in [1.54, 1.807) is 41.3 Å². The molecule has 216 valence electrons. The van der Waals surface area contributed by atoms with E-state index in [0.717, 1.165) is 30.0 Å². The van der Waals surface area contributed by atoms with Gasteiger partial charge in [0.2, 0.25) is 15.9 Å². The number of benzene rings is 3. The lowest BCUT2D eigenvalue weighted by Crippen LogP contribution is -2.59. The first-order valence-corrected chi connectivity index (χ1v) is 15.3. The van der Waals surface area contributed by atoms with Crippen LogP contribution in [-0.2, 0) is 26.0 Å². The largest absolute Gasteiger partial charge is 0.481 e. The average Bonchev–Trinajstić information content (AvgIpc) is 2.95. The van der Waals surface area contributed by atoms with Gasteiger partial charge < -0.3 is 21.5 Å². The highest BCUT2D eigenvalue weighted by Gasteiger charge is 2.45. The van der Waals surface area contributed by atoms with Crippen molar-refractivity contribution in [2.24, 2.45) is 28.3 Å². The number of likely N-dealkylation sites (tertiary alicyclic amines) is 1. The van der Waals surface area contributed by atoms with E-state index in [1.165, 1.54) is 6.07 Å². The molecule has 2 aliphatic rings. The van der Waals surface area contributed by atoms with Gasteiger partial charge in [0.15, 0.2) is 5.96 Å². The topological polar surface area (TPSA) is 168 Å². The third-order valence-corrected chi connectivity index (χ3v) is 9.68. The standard InChI is InChI=1S/C30H35N5O5S/c31-30(32)33-22-9-5-6-19(16-22)17-26(34-41(39,40)23-13-12-20-7-1-2-8-21(20)18-23)28(36)35-15-14-25(29(37)38)24-10-3-4-11-27(24)35/h1-2,5-9,12-13,16,18,24-27,34H,3-4,10-11,14-15,17H2,(H,37,38)(H4,31,32,33)/t24?,25?,26-,27?/m0/s1. The van der Waals surface area contributed by atoms with Crippen LogP contribution in [0.4, 0.5) is 5.69 Å². The maximum Gasteiger partial charge on any atom is 0.306 e. The molecule has 6 N–H and O–H groups in total. The van der Waals surface area contributed by atoms with Crippen LogP contribution in [-0.4, -0.2) is 54.9 Å². The second kappa shape index (κ2) is 11.9. The van der Waals surface area contributed by atoms with Crippen molar-refractivity contribution in [2.45, 2.75) is 55.5 Å². The fraction of sp³-hybridized carbons (Fsp3) is 0.367. The van der Waals surface area contributed by atoms with Gasteiger partial charge in [0, 0.05) is 12.6 Å². The zero-order valence-electron chi connectivity index (χ0n) is 22.6. The van der Waals surface area contributed by atoms with Crippen LogP contribution < -0.4 is 16.2 Å². The molecule has 1 saturated heterocycles. The summed E-state index contributed by atoms with van der Waals surface area (Å²) in [4.78, 5) is 32.0. The summed E-state index contributed by atoms with van der Waals surface area (Å²) in [5, 5.41) is 11.5. The number of carboxylic acid groups (broad SMARTS) is 1. The first-order valence-electron chi connectivity index (χ1n) is 13.9. The molecule has 0 bridgehead atoms. The third kappa shape index (κ3) is 6.36. The highest BCUT2D eigenvalue weighted by Crippen LogP contribution is 2.39. The number of amides is 1. The van der Waals surface area contributed by atoms with E-state index in [9.17, 15) is 23.1 Å². The van der Waals surface area contributed by atoms with Crippen LogP contribution in [0.15, 0.2) is 76.6 Å². The molecule has 1 aliphatic heterocycles. The maximum absolute atomic E-state index is 14.2. The number of nitrogens with two attached hydrogens (primary N) is 2. The van der Waals surface area contributed by atoms with Crippen LogP contribution in [0.1, 0.15) is 37.7 Å². The summed E-state index contributed by atoms with van der Waals surface area (Å²) < 4.78 is 30.1. The number of aliphatic imine (C=N–C) groups is 1. The van der Waals surface area contributed by atoms with Gasteiger partial charge in [0.1, 0.15) is 6.04 Å². The van der Waals surface area contributed by atoms with Gasteiger partial charge in [-0.2, -0.15) is 4.72 Å². The summed E-state index contributed by atoms with van der Waals surface area (Å²) in [6.45, 7) is 0.263. The van der Waals surface area contributed by atoms with Crippen molar-refractivity contribution >= 4 is 44.3 Å². The Hall–Kier alpha value is -3.96. The number of carbonyl (C=O) groups is 2. The quantitative estimate of drug-likeness (QED) is 0.236. The molecule has 10 nitrogen and oxygen atoms in total. The number of guanidine groups is 1. The van der Waals surface area contributed by atoms with Gasteiger partial charge in [-0.3, -0.25) is 9.59 Å². The summed E-state index contributed by atoms with van der Waals surface area (Å²) in [7, 11) is -4.10. The molecule has 1 aliphatic carbocycles. The predicted molar refractivity (Wildman–Crippen MR) is 157 cm³/mol. The first kappa shape index (κ1) is 28.6. The van der Waals surface area contributed by atoms with E-state index in [1.807, 2.05) is 24.3 Å². The second-order valence-corrected chi connectivity index (χ2v) is 12.6. The smallest absolute Gasteiger partial charge is 0.306 e.